The summed E-state index contributed by atoms with van der Waals surface area (Å²) in [6.07, 6.45) is 0.797. The molecule has 0 bridgehead atoms. The standard InChI is InChI=1S/C32H41N3O7S.ClH/c1-4-42-29-18-25(17-26(19-29)35-12-8-9-13-43(35,38)39)32(37)34-30(16-23-10-6-5-7-11-23)31(36)22-33-21-24-14-27(40-2)20-28(15-24)41-3;/h5-7,10-11,14-15,17-20,30-31,33,36H,4,8-9,12-13,16,21-22H2,1-3H3,(H,34,37);1H/t30-,31+;/m0./s1. The molecule has 3 aromatic carbocycles. The van der Waals surface area contributed by atoms with E-state index in [1.807, 2.05) is 49.4 Å². The van der Waals surface area contributed by atoms with Crippen molar-refractivity contribution in [1.82, 2.24) is 10.6 Å². The van der Waals surface area contributed by atoms with Crippen LogP contribution in [-0.2, 0) is 23.0 Å². The molecule has 1 aliphatic heterocycles. The van der Waals surface area contributed by atoms with Gasteiger partial charge in [0.2, 0.25) is 10.0 Å². The highest BCUT2D eigenvalue weighted by Gasteiger charge is 2.28. The first kappa shape index (κ1) is 35.0. The molecule has 0 aromatic heterocycles. The Bertz CT molecular complexity index is 1450. The summed E-state index contributed by atoms with van der Waals surface area (Å²) in [6, 6.07) is 19.3. The number of hydrogen-bond donors (Lipinski definition) is 3. The van der Waals surface area contributed by atoms with Crippen LogP contribution in [0, 0.1) is 0 Å². The molecule has 1 aliphatic rings. The number of carbonyl (C=O) groups is 1. The maximum absolute atomic E-state index is 13.6. The van der Waals surface area contributed by atoms with Crippen LogP contribution >= 0.6 is 12.4 Å². The molecule has 1 amide bonds. The van der Waals surface area contributed by atoms with E-state index in [0.29, 0.717) is 55.5 Å². The van der Waals surface area contributed by atoms with Crippen LogP contribution in [0.5, 0.6) is 17.2 Å². The highest BCUT2D eigenvalue weighted by Crippen LogP contribution is 2.29. The number of nitrogens with one attached hydrogen (secondary N) is 2. The van der Waals surface area contributed by atoms with E-state index in [4.69, 9.17) is 14.2 Å². The van der Waals surface area contributed by atoms with Gasteiger partial charge in [-0.05, 0) is 61.6 Å². The van der Waals surface area contributed by atoms with Crippen molar-refractivity contribution in [2.45, 2.75) is 44.9 Å². The lowest BCUT2D eigenvalue weighted by Gasteiger charge is -2.29. The number of benzene rings is 3. The lowest BCUT2D eigenvalue weighted by atomic mass is 10.00. The van der Waals surface area contributed by atoms with Gasteiger partial charge >= 0.3 is 0 Å². The SMILES string of the molecule is CCOc1cc(C(=O)N[C@@H](Cc2ccccc2)[C@H](O)CNCc2cc(OC)cc(OC)c2)cc(N2CCCCS2(=O)=O)c1.Cl. The number of methoxy groups -OCH3 is 2. The lowest BCUT2D eigenvalue weighted by molar-refractivity contribution is 0.0829. The molecule has 240 valence electrons. The molecule has 4 rings (SSSR count). The first-order valence-corrected chi connectivity index (χ1v) is 16.1. The maximum Gasteiger partial charge on any atom is 0.251 e. The zero-order valence-corrected chi connectivity index (χ0v) is 27.0. The molecule has 1 fully saturated rings. The third kappa shape index (κ3) is 9.49. The summed E-state index contributed by atoms with van der Waals surface area (Å²) >= 11 is 0. The van der Waals surface area contributed by atoms with Crippen molar-refractivity contribution < 1.29 is 32.5 Å². The van der Waals surface area contributed by atoms with Gasteiger partial charge in [-0.25, -0.2) is 8.42 Å². The Morgan fingerprint density at radius 1 is 0.955 bits per heavy atom. The van der Waals surface area contributed by atoms with Crippen LogP contribution in [0.4, 0.5) is 5.69 Å². The molecular formula is C32H42ClN3O7S. The zero-order valence-electron chi connectivity index (χ0n) is 25.3. The maximum atomic E-state index is 13.6. The minimum Gasteiger partial charge on any atom is -0.497 e. The minimum atomic E-state index is -3.49. The fourth-order valence-corrected chi connectivity index (χ4v) is 6.69. The molecule has 0 aliphatic carbocycles. The highest BCUT2D eigenvalue weighted by molar-refractivity contribution is 7.92. The molecule has 10 nitrogen and oxygen atoms in total. The highest BCUT2D eigenvalue weighted by atomic mass is 35.5. The molecule has 1 heterocycles. The molecule has 3 aromatic rings. The van der Waals surface area contributed by atoms with Crippen LogP contribution in [0.15, 0.2) is 66.7 Å². The Labute approximate surface area is 266 Å². The lowest BCUT2D eigenvalue weighted by Crippen LogP contribution is -2.48. The summed E-state index contributed by atoms with van der Waals surface area (Å²) in [5.41, 5.74) is 2.52. The van der Waals surface area contributed by atoms with Crippen molar-refractivity contribution in [2.24, 2.45) is 0 Å². The van der Waals surface area contributed by atoms with Crippen LogP contribution < -0.4 is 29.1 Å². The van der Waals surface area contributed by atoms with Gasteiger partial charge in [0, 0.05) is 37.3 Å². The van der Waals surface area contributed by atoms with Crippen LogP contribution in [0.3, 0.4) is 0 Å². The average molecular weight is 648 g/mol. The van der Waals surface area contributed by atoms with Crippen LogP contribution in [0.25, 0.3) is 0 Å². The smallest absolute Gasteiger partial charge is 0.251 e. The first-order valence-electron chi connectivity index (χ1n) is 14.5. The number of aliphatic hydroxyl groups is 1. The molecule has 44 heavy (non-hydrogen) atoms. The monoisotopic (exact) mass is 647 g/mol. The van der Waals surface area contributed by atoms with Crippen molar-refractivity contribution in [3.8, 4) is 17.2 Å². The number of rotatable bonds is 14. The van der Waals surface area contributed by atoms with E-state index in [9.17, 15) is 18.3 Å². The normalized spacial score (nSPS) is 15.4. The Kier molecular flexibility index (Phi) is 13.1. The van der Waals surface area contributed by atoms with E-state index < -0.39 is 28.1 Å². The fraction of sp³-hybridized carbons (Fsp3) is 0.406. The fourth-order valence-electron chi connectivity index (χ4n) is 5.07. The predicted molar refractivity (Wildman–Crippen MR) is 174 cm³/mol. The van der Waals surface area contributed by atoms with Gasteiger partial charge in [-0.1, -0.05) is 30.3 Å². The van der Waals surface area contributed by atoms with E-state index in [-0.39, 0.29) is 30.3 Å². The number of sulfonamides is 1. The van der Waals surface area contributed by atoms with Crippen molar-refractivity contribution in [1.29, 1.82) is 0 Å². The molecule has 1 saturated heterocycles. The Balaban J connectivity index is 0.00000529. The van der Waals surface area contributed by atoms with Crippen molar-refractivity contribution in [3.63, 3.8) is 0 Å². The van der Waals surface area contributed by atoms with Gasteiger partial charge in [0.1, 0.15) is 17.2 Å². The van der Waals surface area contributed by atoms with Crippen molar-refractivity contribution >= 4 is 34.0 Å². The molecule has 0 spiro atoms. The third-order valence-corrected chi connectivity index (χ3v) is 9.14. The molecule has 3 N–H and O–H groups in total. The number of halogens is 1. The van der Waals surface area contributed by atoms with Gasteiger partial charge in [-0.2, -0.15) is 0 Å². The minimum absolute atomic E-state index is 0. The topological polar surface area (TPSA) is 126 Å². The number of nitrogens with zero attached hydrogens (tertiary/aromatic N) is 1. The number of anilines is 1. The van der Waals surface area contributed by atoms with Crippen LogP contribution in [0.2, 0.25) is 0 Å². The van der Waals surface area contributed by atoms with Crippen LogP contribution in [-0.4, -0.2) is 71.2 Å². The van der Waals surface area contributed by atoms with E-state index in [0.717, 1.165) is 17.5 Å². The van der Waals surface area contributed by atoms with Gasteiger partial charge in [0.25, 0.3) is 5.91 Å². The Morgan fingerprint density at radius 2 is 1.66 bits per heavy atom. The zero-order chi connectivity index (χ0) is 30.8. The number of amides is 1. The summed E-state index contributed by atoms with van der Waals surface area (Å²) < 4.78 is 43.4. The molecule has 0 radical (unpaired) electrons. The largest absolute Gasteiger partial charge is 0.497 e. The summed E-state index contributed by atoms with van der Waals surface area (Å²) in [5, 5.41) is 17.5. The summed E-state index contributed by atoms with van der Waals surface area (Å²) in [7, 11) is -0.311. The second-order valence-electron chi connectivity index (χ2n) is 10.4. The van der Waals surface area contributed by atoms with Gasteiger partial charge in [-0.15, -0.1) is 12.4 Å². The molecular weight excluding hydrogens is 606 g/mol. The molecule has 0 saturated carbocycles. The summed E-state index contributed by atoms with van der Waals surface area (Å²) in [4.78, 5) is 13.6. The van der Waals surface area contributed by atoms with E-state index in [2.05, 4.69) is 10.6 Å². The number of carbonyl (C=O) groups excluding carboxylic acids is 1. The number of hydrogen-bond acceptors (Lipinski definition) is 8. The van der Waals surface area contributed by atoms with Gasteiger partial charge in [0.05, 0.1) is 44.4 Å². The van der Waals surface area contributed by atoms with Crippen molar-refractivity contribution in [3.05, 3.63) is 83.4 Å². The third-order valence-electron chi connectivity index (χ3n) is 7.27. The van der Waals surface area contributed by atoms with E-state index >= 15 is 0 Å². The quantitative estimate of drug-likeness (QED) is 0.240. The average Bonchev–Trinajstić information content (AvgIpc) is 3.00. The predicted octanol–water partition coefficient (Wildman–Crippen LogP) is 3.95. The van der Waals surface area contributed by atoms with Gasteiger partial charge in [-0.3, -0.25) is 9.10 Å². The molecule has 2 atom stereocenters. The second kappa shape index (κ2) is 16.5. The summed E-state index contributed by atoms with van der Waals surface area (Å²) in [6.45, 7) is 3.18. The van der Waals surface area contributed by atoms with E-state index in [1.165, 1.54) is 4.31 Å². The van der Waals surface area contributed by atoms with Crippen molar-refractivity contribution in [2.75, 3.05) is 44.0 Å². The first-order chi connectivity index (χ1) is 20.7. The van der Waals surface area contributed by atoms with Gasteiger partial charge < -0.3 is 30.0 Å². The number of aliphatic hydroxyl groups excluding tert-OH is 1. The Morgan fingerprint density at radius 3 is 2.30 bits per heavy atom. The molecule has 12 heteroatoms. The number of ether oxygens (including phenoxy) is 3. The van der Waals surface area contributed by atoms with Gasteiger partial charge in [0.15, 0.2) is 0 Å². The van der Waals surface area contributed by atoms with E-state index in [1.54, 1.807) is 38.5 Å². The second-order valence-corrected chi connectivity index (χ2v) is 12.4. The molecule has 0 unspecified atom stereocenters. The Hall–Kier alpha value is -3.51. The van der Waals surface area contributed by atoms with Crippen LogP contribution in [0.1, 0.15) is 41.3 Å². The summed E-state index contributed by atoms with van der Waals surface area (Å²) in [5.74, 6) is 1.36.